The van der Waals surface area contributed by atoms with Gasteiger partial charge in [-0.25, -0.2) is 8.78 Å². The van der Waals surface area contributed by atoms with Gasteiger partial charge in [0.05, 0.1) is 11.6 Å². The average molecular weight is 330 g/mol. The fraction of sp³-hybridized carbons (Fsp3) is 0.316. The third-order valence-electron chi connectivity index (χ3n) is 4.36. The van der Waals surface area contributed by atoms with Crippen molar-refractivity contribution in [3.05, 3.63) is 65.7 Å². The first-order chi connectivity index (χ1) is 11.6. The van der Waals surface area contributed by atoms with Crippen LogP contribution in [0.25, 0.3) is 0 Å². The van der Waals surface area contributed by atoms with Crippen LogP contribution in [0.3, 0.4) is 0 Å². The van der Waals surface area contributed by atoms with Crippen LogP contribution in [-0.2, 0) is 11.3 Å². The first-order valence-corrected chi connectivity index (χ1v) is 8.14. The highest BCUT2D eigenvalue weighted by molar-refractivity contribution is 5.92. The molecule has 1 unspecified atom stereocenters. The molecular formula is C19H20F2N2O. The van der Waals surface area contributed by atoms with Crippen molar-refractivity contribution in [2.45, 2.75) is 19.4 Å². The quantitative estimate of drug-likeness (QED) is 0.924. The van der Waals surface area contributed by atoms with Crippen molar-refractivity contribution in [1.29, 1.82) is 0 Å². The molecule has 3 rings (SSSR count). The second-order valence-electron chi connectivity index (χ2n) is 6.13. The van der Waals surface area contributed by atoms with Crippen LogP contribution in [0.5, 0.6) is 0 Å². The predicted molar refractivity (Wildman–Crippen MR) is 89.4 cm³/mol. The number of rotatable bonds is 4. The molecule has 1 amide bonds. The Morgan fingerprint density at radius 2 is 1.79 bits per heavy atom. The van der Waals surface area contributed by atoms with Gasteiger partial charge in [0.2, 0.25) is 5.91 Å². The zero-order valence-corrected chi connectivity index (χ0v) is 13.3. The molecule has 1 aliphatic rings. The van der Waals surface area contributed by atoms with Gasteiger partial charge in [0.15, 0.2) is 0 Å². The van der Waals surface area contributed by atoms with Crippen molar-refractivity contribution in [2.24, 2.45) is 5.92 Å². The van der Waals surface area contributed by atoms with Crippen molar-refractivity contribution < 1.29 is 13.6 Å². The molecule has 2 aromatic carbocycles. The molecule has 0 spiro atoms. The van der Waals surface area contributed by atoms with E-state index in [0.29, 0.717) is 18.7 Å². The lowest BCUT2D eigenvalue weighted by Crippen LogP contribution is -2.40. The van der Waals surface area contributed by atoms with Crippen LogP contribution in [0.4, 0.5) is 14.5 Å². The SMILES string of the molecule is O=C(Nc1ccccc1F)C1CCCN(Cc2ccccc2F)C1. The largest absolute Gasteiger partial charge is 0.323 e. The lowest BCUT2D eigenvalue weighted by atomic mass is 9.96. The van der Waals surface area contributed by atoms with E-state index in [1.807, 2.05) is 6.07 Å². The maximum Gasteiger partial charge on any atom is 0.228 e. The van der Waals surface area contributed by atoms with Crippen LogP contribution < -0.4 is 5.32 Å². The van der Waals surface area contributed by atoms with Crippen molar-refractivity contribution >= 4 is 11.6 Å². The number of hydrogen-bond acceptors (Lipinski definition) is 2. The number of piperidine rings is 1. The first kappa shape index (κ1) is 16.6. The molecule has 0 radical (unpaired) electrons. The normalized spacial score (nSPS) is 18.3. The Balaban J connectivity index is 1.62. The lowest BCUT2D eigenvalue weighted by molar-refractivity contribution is -0.121. The maximum absolute atomic E-state index is 13.8. The van der Waals surface area contributed by atoms with Crippen LogP contribution in [0.15, 0.2) is 48.5 Å². The molecule has 1 heterocycles. The highest BCUT2D eigenvalue weighted by Crippen LogP contribution is 2.22. The molecule has 0 aliphatic carbocycles. The summed E-state index contributed by atoms with van der Waals surface area (Å²) >= 11 is 0. The van der Waals surface area contributed by atoms with Crippen LogP contribution >= 0.6 is 0 Å². The summed E-state index contributed by atoms with van der Waals surface area (Å²) in [6.45, 7) is 1.86. The molecule has 5 heteroatoms. The summed E-state index contributed by atoms with van der Waals surface area (Å²) in [5.74, 6) is -1.07. The van der Waals surface area contributed by atoms with E-state index in [1.54, 1.807) is 30.3 Å². The highest BCUT2D eigenvalue weighted by Gasteiger charge is 2.26. The number of amides is 1. The average Bonchev–Trinajstić information content (AvgIpc) is 2.59. The van der Waals surface area contributed by atoms with Gasteiger partial charge in [0.25, 0.3) is 0 Å². The van der Waals surface area contributed by atoms with E-state index in [4.69, 9.17) is 0 Å². The molecule has 3 nitrogen and oxygen atoms in total. The van der Waals surface area contributed by atoms with Gasteiger partial charge in [0, 0.05) is 18.7 Å². The molecule has 1 atom stereocenters. The molecule has 24 heavy (non-hydrogen) atoms. The van der Waals surface area contributed by atoms with Gasteiger partial charge in [-0.05, 0) is 37.6 Å². The molecule has 0 saturated carbocycles. The summed E-state index contributed by atoms with van der Waals surface area (Å²) in [6, 6.07) is 12.8. The number of nitrogens with zero attached hydrogens (tertiary/aromatic N) is 1. The fourth-order valence-electron chi connectivity index (χ4n) is 3.08. The van der Waals surface area contributed by atoms with Gasteiger partial charge in [-0.3, -0.25) is 9.69 Å². The molecular weight excluding hydrogens is 310 g/mol. The van der Waals surface area contributed by atoms with E-state index >= 15 is 0 Å². The Hall–Kier alpha value is -2.27. The van der Waals surface area contributed by atoms with Crippen LogP contribution in [0, 0.1) is 17.6 Å². The van der Waals surface area contributed by atoms with Crippen molar-refractivity contribution in [3.8, 4) is 0 Å². The Bertz CT molecular complexity index is 720. The van der Waals surface area contributed by atoms with Gasteiger partial charge in [-0.15, -0.1) is 0 Å². The Kier molecular flexibility index (Phi) is 5.20. The van der Waals surface area contributed by atoms with E-state index < -0.39 is 5.82 Å². The number of anilines is 1. The standard InChI is InChI=1S/C19H20F2N2O/c20-16-8-2-1-6-14(16)12-23-11-5-7-15(13-23)19(24)22-18-10-4-3-9-17(18)21/h1-4,6,8-10,15H,5,7,11-13H2,(H,22,24). The molecule has 2 aromatic rings. The second kappa shape index (κ2) is 7.53. The number of nitrogens with one attached hydrogen (secondary N) is 1. The third kappa shape index (κ3) is 3.97. The Morgan fingerprint density at radius 1 is 1.08 bits per heavy atom. The summed E-state index contributed by atoms with van der Waals surface area (Å²) in [7, 11) is 0. The second-order valence-corrected chi connectivity index (χ2v) is 6.13. The number of hydrogen-bond donors (Lipinski definition) is 1. The summed E-state index contributed by atoms with van der Waals surface area (Å²) in [4.78, 5) is 14.5. The minimum atomic E-state index is -0.440. The molecule has 1 fully saturated rings. The Morgan fingerprint density at radius 3 is 2.54 bits per heavy atom. The number of carbonyl (C=O) groups is 1. The summed E-state index contributed by atoms with van der Waals surface area (Å²) in [5.41, 5.74) is 0.835. The van der Waals surface area contributed by atoms with E-state index in [-0.39, 0.29) is 23.3 Å². The minimum absolute atomic E-state index is 0.182. The molecule has 1 aliphatic heterocycles. The number of likely N-dealkylation sites (tertiary alicyclic amines) is 1. The summed E-state index contributed by atoms with van der Waals surface area (Å²) in [6.07, 6.45) is 1.62. The van der Waals surface area contributed by atoms with Crippen molar-refractivity contribution in [3.63, 3.8) is 0 Å². The van der Waals surface area contributed by atoms with Crippen molar-refractivity contribution in [2.75, 3.05) is 18.4 Å². The fourth-order valence-corrected chi connectivity index (χ4v) is 3.08. The number of halogens is 2. The van der Waals surface area contributed by atoms with Crippen LogP contribution in [0.2, 0.25) is 0 Å². The molecule has 126 valence electrons. The van der Waals surface area contributed by atoms with E-state index in [9.17, 15) is 13.6 Å². The molecule has 1 saturated heterocycles. The zero-order valence-electron chi connectivity index (χ0n) is 13.3. The van der Waals surface area contributed by atoms with Gasteiger partial charge < -0.3 is 5.32 Å². The van der Waals surface area contributed by atoms with Gasteiger partial charge in [-0.2, -0.15) is 0 Å². The van der Waals surface area contributed by atoms with Crippen molar-refractivity contribution in [1.82, 2.24) is 4.90 Å². The third-order valence-corrected chi connectivity index (χ3v) is 4.36. The van der Waals surface area contributed by atoms with Gasteiger partial charge >= 0.3 is 0 Å². The molecule has 1 N–H and O–H groups in total. The first-order valence-electron chi connectivity index (χ1n) is 8.14. The smallest absolute Gasteiger partial charge is 0.228 e. The topological polar surface area (TPSA) is 32.3 Å². The van der Waals surface area contributed by atoms with E-state index in [2.05, 4.69) is 10.2 Å². The molecule has 0 aromatic heterocycles. The summed E-state index contributed by atoms with van der Waals surface area (Å²) in [5, 5.41) is 2.66. The monoisotopic (exact) mass is 330 g/mol. The molecule has 0 bridgehead atoms. The van der Waals surface area contributed by atoms with Gasteiger partial charge in [0.1, 0.15) is 11.6 Å². The minimum Gasteiger partial charge on any atom is -0.323 e. The number of carbonyl (C=O) groups excluding carboxylic acids is 1. The predicted octanol–water partition coefficient (Wildman–Crippen LogP) is 3.82. The zero-order chi connectivity index (χ0) is 16.9. The van der Waals surface area contributed by atoms with Gasteiger partial charge in [-0.1, -0.05) is 30.3 Å². The lowest BCUT2D eigenvalue weighted by Gasteiger charge is -2.32. The number of para-hydroxylation sites is 1. The maximum atomic E-state index is 13.8. The highest BCUT2D eigenvalue weighted by atomic mass is 19.1. The van der Waals surface area contributed by atoms with Crippen LogP contribution in [-0.4, -0.2) is 23.9 Å². The number of benzene rings is 2. The Labute approximate surface area is 140 Å². The van der Waals surface area contributed by atoms with Crippen LogP contribution in [0.1, 0.15) is 18.4 Å². The summed E-state index contributed by atoms with van der Waals surface area (Å²) < 4.78 is 27.4. The van der Waals surface area contributed by atoms with E-state index in [0.717, 1.165) is 19.4 Å². The van der Waals surface area contributed by atoms with E-state index in [1.165, 1.54) is 12.1 Å².